The van der Waals surface area contributed by atoms with Gasteiger partial charge >= 0.3 is 6.03 Å². The molecule has 2 amide bonds. The minimum Gasteiger partial charge on any atom is -0.372 e. The van der Waals surface area contributed by atoms with Crippen LogP contribution in [0.1, 0.15) is 32.3 Å². The normalized spacial score (nSPS) is 14.1. The molecule has 104 valence electrons. The largest absolute Gasteiger partial charge is 0.372 e. The lowest BCUT2D eigenvalue weighted by Crippen LogP contribution is -2.30. The van der Waals surface area contributed by atoms with Gasteiger partial charge in [-0.1, -0.05) is 0 Å². The van der Waals surface area contributed by atoms with E-state index in [1.165, 1.54) is 5.69 Å². The number of hydrogen-bond acceptors (Lipinski definition) is 2. The first-order valence-corrected chi connectivity index (χ1v) is 7.07. The Morgan fingerprint density at radius 2 is 2.00 bits per heavy atom. The number of urea groups is 1. The van der Waals surface area contributed by atoms with Gasteiger partial charge in [0.2, 0.25) is 0 Å². The van der Waals surface area contributed by atoms with E-state index in [0.717, 1.165) is 37.2 Å². The van der Waals surface area contributed by atoms with Crippen molar-refractivity contribution in [3.63, 3.8) is 0 Å². The molecule has 1 aromatic carbocycles. The van der Waals surface area contributed by atoms with E-state index in [1.54, 1.807) is 0 Å². The summed E-state index contributed by atoms with van der Waals surface area (Å²) in [5.41, 5.74) is 3.18. The second kappa shape index (κ2) is 5.95. The van der Waals surface area contributed by atoms with Crippen LogP contribution in [0.5, 0.6) is 0 Å². The van der Waals surface area contributed by atoms with Crippen molar-refractivity contribution in [2.45, 2.75) is 39.7 Å². The van der Waals surface area contributed by atoms with E-state index in [4.69, 9.17) is 0 Å². The molecular weight excluding hydrogens is 238 g/mol. The number of anilines is 2. The maximum Gasteiger partial charge on any atom is 0.319 e. The smallest absolute Gasteiger partial charge is 0.319 e. The fourth-order valence-electron chi connectivity index (χ4n) is 2.15. The summed E-state index contributed by atoms with van der Waals surface area (Å²) in [4.78, 5) is 14.0. The van der Waals surface area contributed by atoms with Crippen LogP contribution in [0.2, 0.25) is 0 Å². The Bertz CT molecular complexity index is 451. The number of nitrogens with zero attached hydrogens (tertiary/aromatic N) is 1. The number of hydrogen-bond donors (Lipinski definition) is 2. The van der Waals surface area contributed by atoms with Gasteiger partial charge in [0.15, 0.2) is 0 Å². The predicted octanol–water partition coefficient (Wildman–Crippen LogP) is 3.13. The fraction of sp³-hybridized carbons (Fsp3) is 0.533. The average molecular weight is 261 g/mol. The zero-order valence-electron chi connectivity index (χ0n) is 12.0. The van der Waals surface area contributed by atoms with Gasteiger partial charge in [0.05, 0.1) is 0 Å². The number of rotatable bonds is 5. The molecule has 2 rings (SSSR count). The number of carbonyl (C=O) groups excluding carboxylic acids is 1. The van der Waals surface area contributed by atoms with Gasteiger partial charge in [0.1, 0.15) is 0 Å². The van der Waals surface area contributed by atoms with Crippen LogP contribution in [0.15, 0.2) is 18.2 Å². The molecule has 0 spiro atoms. The molecule has 1 saturated carbocycles. The van der Waals surface area contributed by atoms with Crippen LogP contribution in [0, 0.1) is 6.92 Å². The number of carbonyl (C=O) groups is 1. The van der Waals surface area contributed by atoms with Crippen molar-refractivity contribution in [1.29, 1.82) is 0 Å². The van der Waals surface area contributed by atoms with Gasteiger partial charge in [-0.2, -0.15) is 0 Å². The maximum absolute atomic E-state index is 11.7. The summed E-state index contributed by atoms with van der Waals surface area (Å²) in [7, 11) is 0. The van der Waals surface area contributed by atoms with Gasteiger partial charge in [-0.3, -0.25) is 0 Å². The van der Waals surface area contributed by atoms with E-state index < -0.39 is 0 Å². The highest BCUT2D eigenvalue weighted by Gasteiger charge is 2.23. The summed E-state index contributed by atoms with van der Waals surface area (Å²) >= 11 is 0. The predicted molar refractivity (Wildman–Crippen MR) is 79.9 cm³/mol. The van der Waals surface area contributed by atoms with E-state index in [-0.39, 0.29) is 6.03 Å². The third kappa shape index (κ3) is 3.63. The Hall–Kier alpha value is -1.71. The van der Waals surface area contributed by atoms with Crippen molar-refractivity contribution >= 4 is 17.4 Å². The van der Waals surface area contributed by atoms with Crippen molar-refractivity contribution in [2.75, 3.05) is 23.3 Å². The Balaban J connectivity index is 2.03. The van der Waals surface area contributed by atoms with Gasteiger partial charge in [-0.25, -0.2) is 4.79 Å². The summed E-state index contributed by atoms with van der Waals surface area (Å²) in [6.07, 6.45) is 2.21. The molecule has 0 aliphatic heterocycles. The lowest BCUT2D eigenvalue weighted by Gasteiger charge is -2.22. The van der Waals surface area contributed by atoms with Crippen LogP contribution in [-0.2, 0) is 0 Å². The standard InChI is InChI=1S/C15H23N3O/c1-4-18(5-2)13-8-9-14(11(3)10-13)17-15(19)16-12-6-7-12/h8-10,12H,4-7H2,1-3H3,(H2,16,17,19). The van der Waals surface area contributed by atoms with Gasteiger partial charge in [-0.15, -0.1) is 0 Å². The molecule has 2 N–H and O–H groups in total. The second-order valence-electron chi connectivity index (χ2n) is 5.04. The van der Waals surface area contributed by atoms with E-state index in [0.29, 0.717) is 6.04 Å². The molecule has 19 heavy (non-hydrogen) atoms. The Morgan fingerprint density at radius 3 is 2.53 bits per heavy atom. The van der Waals surface area contributed by atoms with Crippen LogP contribution >= 0.6 is 0 Å². The van der Waals surface area contributed by atoms with Crippen molar-refractivity contribution in [1.82, 2.24) is 5.32 Å². The summed E-state index contributed by atoms with van der Waals surface area (Å²) in [5.74, 6) is 0. The number of benzene rings is 1. The molecule has 0 atom stereocenters. The lowest BCUT2D eigenvalue weighted by atomic mass is 10.1. The first-order valence-electron chi connectivity index (χ1n) is 7.07. The van der Waals surface area contributed by atoms with Gasteiger partial charge in [0.25, 0.3) is 0 Å². The lowest BCUT2D eigenvalue weighted by molar-refractivity contribution is 0.251. The van der Waals surface area contributed by atoms with Crippen LogP contribution < -0.4 is 15.5 Å². The van der Waals surface area contributed by atoms with Crippen molar-refractivity contribution in [2.24, 2.45) is 0 Å². The molecule has 0 aromatic heterocycles. The summed E-state index contributed by atoms with van der Waals surface area (Å²) in [5, 5.41) is 5.84. The number of aryl methyl sites for hydroxylation is 1. The van der Waals surface area contributed by atoms with E-state index in [9.17, 15) is 4.79 Å². The average Bonchev–Trinajstić information content (AvgIpc) is 3.18. The molecule has 0 heterocycles. The quantitative estimate of drug-likeness (QED) is 0.855. The molecule has 1 aliphatic rings. The van der Waals surface area contributed by atoms with E-state index >= 15 is 0 Å². The molecule has 0 saturated heterocycles. The number of nitrogens with one attached hydrogen (secondary N) is 2. The first-order chi connectivity index (χ1) is 9.13. The van der Waals surface area contributed by atoms with Crippen LogP contribution in [0.25, 0.3) is 0 Å². The Labute approximate surface area is 115 Å². The number of amides is 2. The van der Waals surface area contributed by atoms with Crippen LogP contribution in [-0.4, -0.2) is 25.2 Å². The zero-order valence-corrected chi connectivity index (χ0v) is 12.0. The van der Waals surface area contributed by atoms with Crippen molar-refractivity contribution < 1.29 is 4.79 Å². The molecular formula is C15H23N3O. The first kappa shape index (κ1) is 13.7. The molecule has 1 fully saturated rings. The Morgan fingerprint density at radius 1 is 1.32 bits per heavy atom. The minimum absolute atomic E-state index is 0.0961. The fourth-order valence-corrected chi connectivity index (χ4v) is 2.15. The molecule has 4 nitrogen and oxygen atoms in total. The monoisotopic (exact) mass is 261 g/mol. The highest BCUT2D eigenvalue weighted by atomic mass is 16.2. The van der Waals surface area contributed by atoms with E-state index in [2.05, 4.69) is 41.5 Å². The molecule has 1 aliphatic carbocycles. The summed E-state index contributed by atoms with van der Waals surface area (Å²) in [6.45, 7) is 8.30. The molecule has 0 unspecified atom stereocenters. The highest BCUT2D eigenvalue weighted by molar-refractivity contribution is 5.90. The molecule has 0 bridgehead atoms. The molecule has 1 aromatic rings. The van der Waals surface area contributed by atoms with Crippen LogP contribution in [0.3, 0.4) is 0 Å². The zero-order chi connectivity index (χ0) is 13.8. The van der Waals surface area contributed by atoms with Crippen LogP contribution in [0.4, 0.5) is 16.2 Å². The van der Waals surface area contributed by atoms with Gasteiger partial charge < -0.3 is 15.5 Å². The van der Waals surface area contributed by atoms with Crippen molar-refractivity contribution in [3.8, 4) is 0 Å². The highest BCUT2D eigenvalue weighted by Crippen LogP contribution is 2.23. The SMILES string of the molecule is CCN(CC)c1ccc(NC(=O)NC2CC2)c(C)c1. The Kier molecular flexibility index (Phi) is 4.30. The molecule has 0 radical (unpaired) electrons. The van der Waals surface area contributed by atoms with Gasteiger partial charge in [0, 0.05) is 30.5 Å². The third-order valence-corrected chi connectivity index (χ3v) is 3.50. The molecule has 4 heteroatoms. The topological polar surface area (TPSA) is 44.4 Å². The maximum atomic E-state index is 11.7. The van der Waals surface area contributed by atoms with Crippen molar-refractivity contribution in [3.05, 3.63) is 23.8 Å². The van der Waals surface area contributed by atoms with E-state index in [1.807, 2.05) is 13.0 Å². The minimum atomic E-state index is -0.0961. The second-order valence-corrected chi connectivity index (χ2v) is 5.04. The van der Waals surface area contributed by atoms with Gasteiger partial charge in [-0.05, 0) is 57.4 Å². The summed E-state index contributed by atoms with van der Waals surface area (Å²) < 4.78 is 0. The summed E-state index contributed by atoms with van der Waals surface area (Å²) in [6, 6.07) is 6.46. The third-order valence-electron chi connectivity index (χ3n) is 3.50.